The van der Waals surface area contributed by atoms with Gasteiger partial charge in [0.25, 0.3) is 0 Å². The highest BCUT2D eigenvalue weighted by molar-refractivity contribution is 7.89. The molecule has 6 nitrogen and oxygen atoms in total. The highest BCUT2D eigenvalue weighted by Gasteiger charge is 2.20. The first kappa shape index (κ1) is 16.5. The van der Waals surface area contributed by atoms with E-state index in [-0.39, 0.29) is 5.75 Å². The van der Waals surface area contributed by atoms with Crippen LogP contribution in [0, 0.1) is 5.92 Å². The van der Waals surface area contributed by atoms with Crippen LogP contribution in [0.4, 0.5) is 0 Å². The summed E-state index contributed by atoms with van der Waals surface area (Å²) in [5.41, 5.74) is 0. The molecule has 2 aliphatic rings. The molecule has 0 aromatic carbocycles. The van der Waals surface area contributed by atoms with Crippen molar-refractivity contribution < 1.29 is 8.42 Å². The monoisotopic (exact) mass is 316 g/mol. The van der Waals surface area contributed by atoms with E-state index >= 15 is 0 Å². The summed E-state index contributed by atoms with van der Waals surface area (Å²) >= 11 is 0. The van der Waals surface area contributed by atoms with Gasteiger partial charge >= 0.3 is 0 Å². The predicted molar refractivity (Wildman–Crippen MR) is 85.9 cm³/mol. The van der Waals surface area contributed by atoms with Crippen LogP contribution in [-0.2, 0) is 10.0 Å². The summed E-state index contributed by atoms with van der Waals surface area (Å²) in [5, 5.41) is 3.24. The minimum absolute atomic E-state index is 0.0719. The molecule has 0 atom stereocenters. The lowest BCUT2D eigenvalue weighted by Gasteiger charge is -2.25. The molecule has 21 heavy (non-hydrogen) atoms. The molecular formula is C14H28N4O2S. The summed E-state index contributed by atoms with van der Waals surface area (Å²) in [4.78, 5) is 6.66. The minimum atomic E-state index is -3.19. The van der Waals surface area contributed by atoms with Gasteiger partial charge in [0.1, 0.15) is 0 Å². The fourth-order valence-electron chi connectivity index (χ4n) is 2.64. The second-order valence-electron chi connectivity index (χ2n) is 5.89. The topological polar surface area (TPSA) is 73.8 Å². The quantitative estimate of drug-likeness (QED) is 0.537. The molecule has 1 aliphatic heterocycles. The van der Waals surface area contributed by atoms with E-state index in [2.05, 4.69) is 19.9 Å². The molecule has 0 bridgehead atoms. The van der Waals surface area contributed by atoms with E-state index in [0.717, 1.165) is 38.4 Å². The average molecular weight is 316 g/mol. The number of nitrogens with zero attached hydrogens (tertiary/aromatic N) is 2. The third-order valence-corrected chi connectivity index (χ3v) is 5.51. The van der Waals surface area contributed by atoms with E-state index in [4.69, 9.17) is 0 Å². The van der Waals surface area contributed by atoms with Gasteiger partial charge in [-0.2, -0.15) is 0 Å². The molecule has 122 valence electrons. The molecule has 2 rings (SSSR count). The van der Waals surface area contributed by atoms with Crippen molar-refractivity contribution in [3.8, 4) is 0 Å². The first-order chi connectivity index (χ1) is 10.1. The molecule has 2 fully saturated rings. The molecule has 0 spiro atoms. The SMILES string of the molecule is CCNC(=NCCS(=O)(=O)NCC1CCC1)N1CCCC1. The summed E-state index contributed by atoms with van der Waals surface area (Å²) in [7, 11) is -3.19. The number of sulfonamides is 1. The third kappa shape index (κ3) is 5.47. The Morgan fingerprint density at radius 2 is 1.95 bits per heavy atom. The van der Waals surface area contributed by atoms with Crippen molar-refractivity contribution in [3.05, 3.63) is 0 Å². The van der Waals surface area contributed by atoms with Crippen LogP contribution in [0.1, 0.15) is 39.0 Å². The van der Waals surface area contributed by atoms with Gasteiger partial charge in [-0.15, -0.1) is 0 Å². The van der Waals surface area contributed by atoms with Gasteiger partial charge in [0.05, 0.1) is 12.3 Å². The first-order valence-corrected chi connectivity index (χ1v) is 9.76. The van der Waals surface area contributed by atoms with Gasteiger partial charge in [0.15, 0.2) is 5.96 Å². The molecule has 0 unspecified atom stereocenters. The number of hydrogen-bond donors (Lipinski definition) is 2. The largest absolute Gasteiger partial charge is 0.357 e. The smallest absolute Gasteiger partial charge is 0.213 e. The Morgan fingerprint density at radius 1 is 1.24 bits per heavy atom. The molecule has 1 saturated carbocycles. The second kappa shape index (κ2) is 7.98. The van der Waals surface area contributed by atoms with E-state index in [1.807, 2.05) is 6.92 Å². The molecular weight excluding hydrogens is 288 g/mol. The van der Waals surface area contributed by atoms with Crippen LogP contribution in [0.25, 0.3) is 0 Å². The van der Waals surface area contributed by atoms with Gasteiger partial charge in [-0.3, -0.25) is 4.99 Å². The van der Waals surface area contributed by atoms with Crippen LogP contribution in [0.15, 0.2) is 4.99 Å². The van der Waals surface area contributed by atoms with Crippen molar-refractivity contribution in [1.82, 2.24) is 14.9 Å². The molecule has 1 aliphatic carbocycles. The summed E-state index contributed by atoms with van der Waals surface area (Å²) in [5.74, 6) is 1.47. The maximum atomic E-state index is 11.9. The van der Waals surface area contributed by atoms with Crippen LogP contribution in [0.2, 0.25) is 0 Å². The van der Waals surface area contributed by atoms with Crippen molar-refractivity contribution in [3.63, 3.8) is 0 Å². The molecule has 1 saturated heterocycles. The lowest BCUT2D eigenvalue weighted by atomic mass is 9.86. The Kier molecular flexibility index (Phi) is 6.29. The number of aliphatic imine (C=N–C) groups is 1. The Balaban J connectivity index is 1.76. The van der Waals surface area contributed by atoms with Crippen molar-refractivity contribution in [2.45, 2.75) is 39.0 Å². The van der Waals surface area contributed by atoms with Crippen molar-refractivity contribution in [2.75, 3.05) is 38.5 Å². The molecule has 0 amide bonds. The Labute approximate surface area is 128 Å². The van der Waals surface area contributed by atoms with Crippen molar-refractivity contribution >= 4 is 16.0 Å². The maximum Gasteiger partial charge on any atom is 0.213 e. The molecule has 0 radical (unpaired) electrons. The number of likely N-dealkylation sites (tertiary alicyclic amines) is 1. The van der Waals surface area contributed by atoms with Gasteiger partial charge in [0, 0.05) is 26.2 Å². The lowest BCUT2D eigenvalue weighted by molar-refractivity contribution is 0.316. The third-order valence-electron chi connectivity index (χ3n) is 4.18. The standard InChI is InChI=1S/C14H28N4O2S/c1-2-15-14(18-9-3-4-10-18)16-8-11-21(19,20)17-12-13-6-5-7-13/h13,17H,2-12H2,1H3,(H,15,16). The van der Waals surface area contributed by atoms with Crippen LogP contribution in [-0.4, -0.2) is 57.8 Å². The van der Waals surface area contributed by atoms with Crippen molar-refractivity contribution in [2.24, 2.45) is 10.9 Å². The lowest BCUT2D eigenvalue weighted by Crippen LogP contribution is -2.40. The van der Waals surface area contributed by atoms with Crippen LogP contribution in [0.3, 0.4) is 0 Å². The average Bonchev–Trinajstić information content (AvgIpc) is 2.89. The molecule has 0 aromatic heterocycles. The van der Waals surface area contributed by atoms with E-state index < -0.39 is 10.0 Å². The zero-order valence-electron chi connectivity index (χ0n) is 13.0. The predicted octanol–water partition coefficient (Wildman–Crippen LogP) is 0.767. The van der Waals surface area contributed by atoms with Crippen LogP contribution in [0.5, 0.6) is 0 Å². The van der Waals surface area contributed by atoms with Gasteiger partial charge < -0.3 is 10.2 Å². The van der Waals surface area contributed by atoms with Gasteiger partial charge in [-0.25, -0.2) is 13.1 Å². The Morgan fingerprint density at radius 3 is 2.52 bits per heavy atom. The van der Waals surface area contributed by atoms with Crippen molar-refractivity contribution in [1.29, 1.82) is 0 Å². The number of guanidine groups is 1. The van der Waals surface area contributed by atoms with Gasteiger partial charge in [-0.1, -0.05) is 6.42 Å². The number of hydrogen-bond acceptors (Lipinski definition) is 3. The van der Waals surface area contributed by atoms with E-state index in [9.17, 15) is 8.42 Å². The zero-order valence-corrected chi connectivity index (χ0v) is 13.8. The highest BCUT2D eigenvalue weighted by atomic mass is 32.2. The fraction of sp³-hybridized carbons (Fsp3) is 0.929. The molecule has 1 heterocycles. The maximum absolute atomic E-state index is 11.9. The number of rotatable bonds is 7. The highest BCUT2D eigenvalue weighted by Crippen LogP contribution is 2.25. The fourth-order valence-corrected chi connectivity index (χ4v) is 3.61. The molecule has 7 heteroatoms. The summed E-state index contributed by atoms with van der Waals surface area (Å²) in [6, 6.07) is 0. The second-order valence-corrected chi connectivity index (χ2v) is 7.82. The summed E-state index contributed by atoms with van der Waals surface area (Å²) in [6.07, 6.45) is 5.91. The Bertz CT molecular complexity index is 440. The minimum Gasteiger partial charge on any atom is -0.357 e. The van der Waals surface area contributed by atoms with Crippen LogP contribution < -0.4 is 10.0 Å². The van der Waals surface area contributed by atoms with E-state index in [1.165, 1.54) is 19.3 Å². The molecule has 2 N–H and O–H groups in total. The first-order valence-electron chi connectivity index (χ1n) is 8.11. The molecule has 0 aromatic rings. The van der Waals surface area contributed by atoms with Crippen LogP contribution >= 0.6 is 0 Å². The van der Waals surface area contributed by atoms with Gasteiger partial charge in [0.2, 0.25) is 10.0 Å². The number of nitrogens with one attached hydrogen (secondary N) is 2. The van der Waals surface area contributed by atoms with E-state index in [1.54, 1.807) is 0 Å². The Hall–Kier alpha value is -0.820. The normalized spacial score (nSPS) is 20.6. The summed E-state index contributed by atoms with van der Waals surface area (Å²) < 4.78 is 26.5. The zero-order chi connectivity index (χ0) is 15.1. The van der Waals surface area contributed by atoms with E-state index in [0.29, 0.717) is 19.0 Å². The van der Waals surface area contributed by atoms with Gasteiger partial charge in [-0.05, 0) is 38.5 Å². The summed E-state index contributed by atoms with van der Waals surface area (Å²) in [6.45, 7) is 5.78.